The molecule has 1 aliphatic heterocycles. The summed E-state index contributed by atoms with van der Waals surface area (Å²) in [5.41, 5.74) is 4.91. The number of hydrogen-bond acceptors (Lipinski definition) is 3. The van der Waals surface area contributed by atoms with Crippen LogP contribution in [0.3, 0.4) is 0 Å². The van der Waals surface area contributed by atoms with Crippen LogP contribution < -0.4 is 9.47 Å². The molecule has 1 aromatic heterocycles. The Morgan fingerprint density at radius 3 is 2.47 bits per heavy atom. The quantitative estimate of drug-likeness (QED) is 0.485. The second-order valence-electron chi connectivity index (χ2n) is 7.92. The van der Waals surface area contributed by atoms with Crippen LogP contribution in [0.4, 0.5) is 4.39 Å². The lowest BCUT2D eigenvalue weighted by molar-refractivity contribution is 0.0729. The molecule has 0 saturated heterocycles. The van der Waals surface area contributed by atoms with Crippen LogP contribution in [0.5, 0.6) is 11.5 Å². The fraction of sp³-hybridized carbons (Fsp3) is 0.192. The van der Waals surface area contributed by atoms with E-state index in [9.17, 15) is 9.18 Å². The maximum absolute atomic E-state index is 14.2. The van der Waals surface area contributed by atoms with Gasteiger partial charge in [0, 0.05) is 29.6 Å². The van der Waals surface area contributed by atoms with Crippen LogP contribution in [-0.2, 0) is 13.0 Å². The molecule has 0 aliphatic carbocycles. The van der Waals surface area contributed by atoms with E-state index in [0.717, 1.165) is 34.0 Å². The minimum atomic E-state index is -0.266. The first-order valence-electron chi connectivity index (χ1n) is 10.5. The number of hydrogen-bond donors (Lipinski definition) is 1. The average Bonchev–Trinajstić information content (AvgIpc) is 3.26. The number of methoxy groups -OCH3 is 2. The Morgan fingerprint density at radius 2 is 1.72 bits per heavy atom. The summed E-state index contributed by atoms with van der Waals surface area (Å²) in [7, 11) is 3.23. The number of amides is 1. The van der Waals surface area contributed by atoms with Crippen molar-refractivity contribution in [2.75, 3.05) is 20.8 Å². The molecule has 1 N–H and O–H groups in total. The molecule has 4 aromatic rings. The number of fused-ring (bicyclic) bond motifs is 2. The van der Waals surface area contributed by atoms with E-state index < -0.39 is 0 Å². The summed E-state index contributed by atoms with van der Waals surface area (Å²) >= 11 is 0. The molecule has 0 fully saturated rings. The molecular weight excluding hydrogens is 407 g/mol. The van der Waals surface area contributed by atoms with Gasteiger partial charge in [0.2, 0.25) is 0 Å². The van der Waals surface area contributed by atoms with Crippen molar-refractivity contribution in [3.63, 3.8) is 0 Å². The van der Waals surface area contributed by atoms with Gasteiger partial charge in [0.15, 0.2) is 11.5 Å². The number of nitrogens with zero attached hydrogens (tertiary/aromatic N) is 1. The SMILES string of the molecule is COc1cc2c(cc1OC)CN(C(=O)c1cc3cc(-c4ccccc4F)ccc3[nH]1)CC2. The molecule has 5 rings (SSSR count). The molecule has 5 nitrogen and oxygen atoms in total. The number of halogens is 1. The Labute approximate surface area is 185 Å². The molecule has 0 atom stereocenters. The van der Waals surface area contributed by atoms with Gasteiger partial charge < -0.3 is 19.4 Å². The molecule has 1 amide bonds. The van der Waals surface area contributed by atoms with Crippen molar-refractivity contribution in [3.05, 3.63) is 83.3 Å². The second kappa shape index (κ2) is 8.04. The largest absolute Gasteiger partial charge is 0.493 e. The molecule has 0 bridgehead atoms. The Bertz CT molecular complexity index is 1330. The number of carbonyl (C=O) groups is 1. The van der Waals surface area contributed by atoms with Crippen LogP contribution in [0.2, 0.25) is 0 Å². The van der Waals surface area contributed by atoms with E-state index in [4.69, 9.17) is 9.47 Å². The first kappa shape index (κ1) is 20.1. The molecule has 3 aromatic carbocycles. The third kappa shape index (κ3) is 3.47. The molecular formula is C26H23FN2O3. The highest BCUT2D eigenvalue weighted by atomic mass is 19.1. The minimum absolute atomic E-state index is 0.0610. The third-order valence-electron chi connectivity index (χ3n) is 6.04. The van der Waals surface area contributed by atoms with Gasteiger partial charge in [0.05, 0.1) is 14.2 Å². The summed E-state index contributed by atoms with van der Waals surface area (Å²) in [6.45, 7) is 1.13. The summed E-state index contributed by atoms with van der Waals surface area (Å²) in [5, 5.41) is 0.873. The van der Waals surface area contributed by atoms with Gasteiger partial charge in [0.25, 0.3) is 5.91 Å². The van der Waals surface area contributed by atoms with Crippen molar-refractivity contribution in [1.82, 2.24) is 9.88 Å². The molecule has 0 unspecified atom stereocenters. The van der Waals surface area contributed by atoms with Crippen LogP contribution >= 0.6 is 0 Å². The smallest absolute Gasteiger partial charge is 0.270 e. The van der Waals surface area contributed by atoms with E-state index in [1.165, 1.54) is 6.07 Å². The van der Waals surface area contributed by atoms with Gasteiger partial charge in [-0.25, -0.2) is 4.39 Å². The second-order valence-corrected chi connectivity index (χ2v) is 7.92. The number of nitrogens with one attached hydrogen (secondary N) is 1. The van der Waals surface area contributed by atoms with Crippen LogP contribution in [0.15, 0.2) is 60.7 Å². The first-order chi connectivity index (χ1) is 15.6. The molecule has 162 valence electrons. The minimum Gasteiger partial charge on any atom is -0.493 e. The molecule has 6 heteroatoms. The summed E-state index contributed by atoms with van der Waals surface area (Å²) < 4.78 is 25.0. The van der Waals surface area contributed by atoms with Crippen LogP contribution in [0.1, 0.15) is 21.6 Å². The fourth-order valence-electron chi connectivity index (χ4n) is 4.34. The predicted molar refractivity (Wildman–Crippen MR) is 122 cm³/mol. The lowest BCUT2D eigenvalue weighted by Gasteiger charge is -2.29. The highest BCUT2D eigenvalue weighted by Gasteiger charge is 2.25. The number of aromatic amines is 1. The van der Waals surface area contributed by atoms with Gasteiger partial charge >= 0.3 is 0 Å². The Hall–Kier alpha value is -3.80. The topological polar surface area (TPSA) is 54.6 Å². The zero-order valence-corrected chi connectivity index (χ0v) is 17.9. The molecule has 0 radical (unpaired) electrons. The molecule has 2 heterocycles. The standard InChI is InChI=1S/C26H23FN2O3/c1-31-24-13-16-9-10-29(15-19(16)14-25(24)32-2)26(30)23-12-18-11-17(7-8-22(18)28-23)20-5-3-4-6-21(20)27/h3-8,11-14,28H,9-10,15H2,1-2H3. The number of H-pyrrole nitrogens is 1. The first-order valence-corrected chi connectivity index (χ1v) is 10.5. The highest BCUT2D eigenvalue weighted by Crippen LogP contribution is 2.34. The zero-order valence-electron chi connectivity index (χ0n) is 17.9. The number of ether oxygens (including phenoxy) is 2. The Morgan fingerprint density at radius 1 is 0.969 bits per heavy atom. The summed E-state index contributed by atoms with van der Waals surface area (Å²) in [5.74, 6) is 1.03. The normalized spacial score (nSPS) is 13.2. The maximum Gasteiger partial charge on any atom is 0.270 e. The van der Waals surface area contributed by atoms with E-state index >= 15 is 0 Å². The van der Waals surface area contributed by atoms with Gasteiger partial charge in [-0.2, -0.15) is 0 Å². The van der Waals surface area contributed by atoms with Gasteiger partial charge in [-0.3, -0.25) is 4.79 Å². The van der Waals surface area contributed by atoms with Gasteiger partial charge in [-0.05, 0) is 59.5 Å². The molecule has 0 saturated carbocycles. The monoisotopic (exact) mass is 430 g/mol. The van der Waals surface area contributed by atoms with Crippen molar-refractivity contribution in [1.29, 1.82) is 0 Å². The lowest BCUT2D eigenvalue weighted by atomic mass is 9.98. The molecule has 1 aliphatic rings. The maximum atomic E-state index is 14.2. The van der Waals surface area contributed by atoms with Gasteiger partial charge in [-0.15, -0.1) is 0 Å². The van der Waals surface area contributed by atoms with Gasteiger partial charge in [-0.1, -0.05) is 24.3 Å². The fourth-order valence-corrected chi connectivity index (χ4v) is 4.34. The molecule has 32 heavy (non-hydrogen) atoms. The van der Waals surface area contributed by atoms with E-state index in [0.29, 0.717) is 35.8 Å². The number of benzene rings is 3. The van der Waals surface area contributed by atoms with Crippen LogP contribution in [0, 0.1) is 5.82 Å². The lowest BCUT2D eigenvalue weighted by Crippen LogP contribution is -2.36. The summed E-state index contributed by atoms with van der Waals surface area (Å²) in [6, 6.07) is 18.1. The predicted octanol–water partition coefficient (Wildman–Crippen LogP) is 5.19. The number of rotatable bonds is 4. The van der Waals surface area contributed by atoms with Crippen molar-refractivity contribution in [2.24, 2.45) is 0 Å². The average molecular weight is 430 g/mol. The van der Waals surface area contributed by atoms with Crippen molar-refractivity contribution in [3.8, 4) is 22.6 Å². The van der Waals surface area contributed by atoms with E-state index in [1.807, 2.05) is 47.4 Å². The number of carbonyl (C=O) groups excluding carboxylic acids is 1. The summed E-state index contributed by atoms with van der Waals surface area (Å²) in [6.07, 6.45) is 0.749. The Kier molecular flexibility index (Phi) is 5.05. The third-order valence-corrected chi connectivity index (χ3v) is 6.04. The van der Waals surface area contributed by atoms with Crippen LogP contribution in [-0.4, -0.2) is 36.6 Å². The summed E-state index contributed by atoms with van der Waals surface area (Å²) in [4.78, 5) is 18.3. The molecule has 0 spiro atoms. The van der Waals surface area contributed by atoms with E-state index in [-0.39, 0.29) is 11.7 Å². The van der Waals surface area contributed by atoms with E-state index in [1.54, 1.807) is 26.4 Å². The van der Waals surface area contributed by atoms with Crippen LogP contribution in [0.25, 0.3) is 22.0 Å². The highest BCUT2D eigenvalue weighted by molar-refractivity contribution is 5.99. The van der Waals surface area contributed by atoms with Crippen molar-refractivity contribution < 1.29 is 18.7 Å². The zero-order chi connectivity index (χ0) is 22.2. The van der Waals surface area contributed by atoms with Crippen molar-refractivity contribution in [2.45, 2.75) is 13.0 Å². The van der Waals surface area contributed by atoms with Crippen molar-refractivity contribution >= 4 is 16.8 Å². The van der Waals surface area contributed by atoms with Gasteiger partial charge in [0.1, 0.15) is 11.5 Å². The Balaban J connectivity index is 1.42. The van der Waals surface area contributed by atoms with E-state index in [2.05, 4.69) is 4.98 Å². The number of aromatic nitrogens is 1.